The fourth-order valence-electron chi connectivity index (χ4n) is 5.67. The molecule has 0 unspecified atom stereocenters. The summed E-state index contributed by atoms with van der Waals surface area (Å²) in [7, 11) is 3.30. The molecule has 1 aliphatic heterocycles. The second-order valence-corrected chi connectivity index (χ2v) is 10.6. The number of likely N-dealkylation sites (tertiary alicyclic amines) is 1. The predicted molar refractivity (Wildman–Crippen MR) is 163 cm³/mol. The maximum absolute atomic E-state index is 13.4. The standard InChI is InChI=1S/C33H41N5O3/c1-5-28-33(37(6-2)22-25-12-14-29(40-3)30(20-25)41-4)38-23-26(13-15-31(38)35-28)32(39)34-27-16-18-36(19-17-27)21-24-10-8-7-9-11-24/h7-15,20,23,27H,5-6,16-19,21-22H2,1-4H3,(H,34,39). The number of carbonyl (C=O) groups excluding carboxylic acids is 1. The molecule has 0 bridgehead atoms. The highest BCUT2D eigenvalue weighted by molar-refractivity contribution is 5.94. The van der Waals surface area contributed by atoms with E-state index >= 15 is 0 Å². The molecule has 1 aliphatic rings. The van der Waals surface area contributed by atoms with Crippen LogP contribution in [0.4, 0.5) is 5.82 Å². The lowest BCUT2D eigenvalue weighted by atomic mass is 10.0. The van der Waals surface area contributed by atoms with E-state index in [-0.39, 0.29) is 11.9 Å². The number of pyridine rings is 1. The number of rotatable bonds is 11. The molecule has 2 aromatic carbocycles. The molecule has 8 nitrogen and oxygen atoms in total. The van der Waals surface area contributed by atoms with E-state index in [0.29, 0.717) is 23.6 Å². The van der Waals surface area contributed by atoms with Crippen molar-refractivity contribution in [2.45, 2.75) is 52.2 Å². The molecule has 3 heterocycles. The number of methoxy groups -OCH3 is 2. The third kappa shape index (κ3) is 6.49. The molecule has 0 aliphatic carbocycles. The first-order valence-corrected chi connectivity index (χ1v) is 14.6. The third-order valence-electron chi connectivity index (χ3n) is 7.93. The van der Waals surface area contributed by atoms with Crippen LogP contribution < -0.4 is 19.7 Å². The van der Waals surface area contributed by atoms with E-state index in [2.05, 4.69) is 69.8 Å². The van der Waals surface area contributed by atoms with Gasteiger partial charge in [0.1, 0.15) is 11.5 Å². The molecule has 0 atom stereocenters. The van der Waals surface area contributed by atoms with Gasteiger partial charge in [-0.1, -0.05) is 43.3 Å². The van der Waals surface area contributed by atoms with E-state index in [0.717, 1.165) is 68.2 Å². The third-order valence-corrected chi connectivity index (χ3v) is 7.93. The second kappa shape index (κ2) is 13.1. The average Bonchev–Trinajstić information content (AvgIpc) is 3.39. The molecular formula is C33H41N5O3. The Labute approximate surface area is 242 Å². The summed E-state index contributed by atoms with van der Waals surface area (Å²) < 4.78 is 13.0. The first-order chi connectivity index (χ1) is 20.0. The summed E-state index contributed by atoms with van der Waals surface area (Å²) in [4.78, 5) is 23.0. The zero-order chi connectivity index (χ0) is 28.8. The van der Waals surface area contributed by atoms with Gasteiger partial charge in [-0.2, -0.15) is 0 Å². The molecule has 5 rings (SSSR count). The number of imidazole rings is 1. The van der Waals surface area contributed by atoms with Gasteiger partial charge in [0.15, 0.2) is 11.5 Å². The molecule has 0 spiro atoms. The van der Waals surface area contributed by atoms with Crippen LogP contribution in [0, 0.1) is 0 Å². The Morgan fingerprint density at radius 1 is 0.976 bits per heavy atom. The summed E-state index contributed by atoms with van der Waals surface area (Å²) in [6.45, 7) is 8.63. The number of nitrogens with one attached hydrogen (secondary N) is 1. The fourth-order valence-corrected chi connectivity index (χ4v) is 5.67. The number of benzene rings is 2. The van der Waals surface area contributed by atoms with Crippen LogP contribution in [0.25, 0.3) is 5.65 Å². The minimum absolute atomic E-state index is 0.0333. The van der Waals surface area contributed by atoms with Crippen LogP contribution >= 0.6 is 0 Å². The normalized spacial score (nSPS) is 14.2. The van der Waals surface area contributed by atoms with Crippen molar-refractivity contribution >= 4 is 17.4 Å². The molecule has 0 saturated carbocycles. The largest absolute Gasteiger partial charge is 0.493 e. The van der Waals surface area contributed by atoms with Gasteiger partial charge in [0.05, 0.1) is 25.5 Å². The van der Waals surface area contributed by atoms with Gasteiger partial charge < -0.3 is 19.7 Å². The SMILES string of the molecule is CCc1nc2ccc(C(=O)NC3CCN(Cc4ccccc4)CC3)cn2c1N(CC)Cc1ccc(OC)c(OC)c1. The second-order valence-electron chi connectivity index (χ2n) is 10.6. The average molecular weight is 556 g/mol. The Balaban J connectivity index is 1.31. The summed E-state index contributed by atoms with van der Waals surface area (Å²) in [6.07, 6.45) is 4.63. The Morgan fingerprint density at radius 3 is 2.41 bits per heavy atom. The topological polar surface area (TPSA) is 71.3 Å². The summed E-state index contributed by atoms with van der Waals surface area (Å²) in [5, 5.41) is 3.29. The number of anilines is 1. The lowest BCUT2D eigenvalue weighted by Crippen LogP contribution is -2.44. The number of hydrogen-bond donors (Lipinski definition) is 1. The Hall–Kier alpha value is -4.04. The summed E-state index contributed by atoms with van der Waals surface area (Å²) in [5.74, 6) is 2.40. The number of aryl methyl sites for hydroxylation is 1. The molecule has 216 valence electrons. The van der Waals surface area contributed by atoms with Crippen molar-refractivity contribution in [1.29, 1.82) is 0 Å². The highest BCUT2D eigenvalue weighted by Crippen LogP contribution is 2.30. The van der Waals surface area contributed by atoms with Crippen molar-refractivity contribution in [1.82, 2.24) is 19.6 Å². The minimum atomic E-state index is -0.0333. The van der Waals surface area contributed by atoms with Gasteiger partial charge in [0.2, 0.25) is 0 Å². The number of fused-ring (bicyclic) bond motifs is 1. The minimum Gasteiger partial charge on any atom is -0.493 e. The zero-order valence-corrected chi connectivity index (χ0v) is 24.6. The van der Waals surface area contributed by atoms with Gasteiger partial charge >= 0.3 is 0 Å². The lowest BCUT2D eigenvalue weighted by Gasteiger charge is -2.32. The first kappa shape index (κ1) is 28.5. The van der Waals surface area contributed by atoms with Crippen LogP contribution in [0.15, 0.2) is 66.9 Å². The summed E-state index contributed by atoms with van der Waals surface area (Å²) in [5.41, 5.74) is 4.93. The number of amides is 1. The maximum atomic E-state index is 13.4. The summed E-state index contributed by atoms with van der Waals surface area (Å²) >= 11 is 0. The number of nitrogens with zero attached hydrogens (tertiary/aromatic N) is 4. The highest BCUT2D eigenvalue weighted by Gasteiger charge is 2.23. The Bertz CT molecular complexity index is 1460. The van der Waals surface area contributed by atoms with E-state index in [9.17, 15) is 4.79 Å². The number of ether oxygens (including phenoxy) is 2. The van der Waals surface area contributed by atoms with Crippen LogP contribution in [0.2, 0.25) is 0 Å². The number of aromatic nitrogens is 2. The molecule has 2 aromatic heterocycles. The van der Waals surface area contributed by atoms with Gasteiger partial charge in [0, 0.05) is 45.0 Å². The molecule has 1 N–H and O–H groups in total. The van der Waals surface area contributed by atoms with Crippen LogP contribution in [-0.4, -0.2) is 60.1 Å². The van der Waals surface area contributed by atoms with E-state index in [1.165, 1.54) is 5.56 Å². The number of hydrogen-bond acceptors (Lipinski definition) is 6. The maximum Gasteiger partial charge on any atom is 0.252 e. The number of piperidine rings is 1. The molecule has 1 saturated heterocycles. The number of carbonyl (C=O) groups is 1. The molecule has 8 heteroatoms. The van der Waals surface area contributed by atoms with Crippen LogP contribution in [0.3, 0.4) is 0 Å². The van der Waals surface area contributed by atoms with Crippen molar-refractivity contribution in [2.75, 3.05) is 38.8 Å². The van der Waals surface area contributed by atoms with E-state index in [4.69, 9.17) is 14.5 Å². The van der Waals surface area contributed by atoms with Crippen molar-refractivity contribution in [3.8, 4) is 11.5 Å². The molecule has 0 radical (unpaired) electrons. The van der Waals surface area contributed by atoms with Gasteiger partial charge in [-0.3, -0.25) is 14.1 Å². The fraction of sp³-hybridized carbons (Fsp3) is 0.394. The predicted octanol–water partition coefficient (Wildman–Crippen LogP) is 5.33. The van der Waals surface area contributed by atoms with Crippen molar-refractivity contribution in [2.24, 2.45) is 0 Å². The van der Waals surface area contributed by atoms with Crippen molar-refractivity contribution < 1.29 is 14.3 Å². The Kier molecular flexibility index (Phi) is 9.09. The van der Waals surface area contributed by atoms with Gasteiger partial charge in [-0.05, 0) is 61.6 Å². The molecule has 1 amide bonds. The zero-order valence-electron chi connectivity index (χ0n) is 24.6. The van der Waals surface area contributed by atoms with E-state index in [1.807, 2.05) is 30.5 Å². The molecule has 1 fully saturated rings. The van der Waals surface area contributed by atoms with E-state index in [1.54, 1.807) is 14.2 Å². The van der Waals surface area contributed by atoms with Crippen LogP contribution in [0.1, 0.15) is 53.9 Å². The monoisotopic (exact) mass is 555 g/mol. The van der Waals surface area contributed by atoms with Gasteiger partial charge in [-0.15, -0.1) is 0 Å². The van der Waals surface area contributed by atoms with Crippen LogP contribution in [-0.2, 0) is 19.5 Å². The van der Waals surface area contributed by atoms with Crippen molar-refractivity contribution in [3.05, 3.63) is 89.2 Å². The first-order valence-electron chi connectivity index (χ1n) is 14.6. The van der Waals surface area contributed by atoms with Crippen LogP contribution in [0.5, 0.6) is 11.5 Å². The van der Waals surface area contributed by atoms with Gasteiger partial charge in [0.25, 0.3) is 5.91 Å². The smallest absolute Gasteiger partial charge is 0.252 e. The highest BCUT2D eigenvalue weighted by atomic mass is 16.5. The van der Waals surface area contributed by atoms with Crippen molar-refractivity contribution in [3.63, 3.8) is 0 Å². The Morgan fingerprint density at radius 2 is 1.73 bits per heavy atom. The lowest BCUT2D eigenvalue weighted by molar-refractivity contribution is 0.0908. The van der Waals surface area contributed by atoms with Gasteiger partial charge in [-0.25, -0.2) is 4.98 Å². The molecule has 41 heavy (non-hydrogen) atoms. The van der Waals surface area contributed by atoms with E-state index < -0.39 is 0 Å². The quantitative estimate of drug-likeness (QED) is 0.270. The molecule has 4 aromatic rings. The summed E-state index contributed by atoms with van der Waals surface area (Å²) in [6, 6.07) is 20.6. The molecular weight excluding hydrogens is 514 g/mol.